The van der Waals surface area contributed by atoms with E-state index in [0.29, 0.717) is 37.6 Å². The summed E-state index contributed by atoms with van der Waals surface area (Å²) in [5.41, 5.74) is 0.955. The zero-order valence-corrected chi connectivity index (χ0v) is 13.1. The van der Waals surface area contributed by atoms with Crippen LogP contribution >= 0.6 is 0 Å². The number of rotatable bonds is 4. The third kappa shape index (κ3) is 3.83. The highest BCUT2D eigenvalue weighted by Crippen LogP contribution is 2.18. The van der Waals surface area contributed by atoms with Crippen molar-refractivity contribution in [3.05, 3.63) is 57.8 Å². The van der Waals surface area contributed by atoms with Crippen molar-refractivity contribution < 1.29 is 23.7 Å². The number of hydrogen-bond donors (Lipinski definition) is 1. The maximum atomic E-state index is 12.3. The summed E-state index contributed by atoms with van der Waals surface area (Å²) < 4.78 is 10.1. The fourth-order valence-corrected chi connectivity index (χ4v) is 2.39. The van der Waals surface area contributed by atoms with Crippen molar-refractivity contribution >= 4 is 23.4 Å². The Morgan fingerprint density at radius 3 is 2.36 bits per heavy atom. The molecule has 2 aromatic rings. The highest BCUT2D eigenvalue weighted by Gasteiger charge is 2.19. The van der Waals surface area contributed by atoms with Crippen molar-refractivity contribution in [3.63, 3.8) is 0 Å². The molecule has 0 unspecified atom stereocenters. The summed E-state index contributed by atoms with van der Waals surface area (Å²) in [6, 6.07) is 8.73. The van der Waals surface area contributed by atoms with Gasteiger partial charge in [-0.15, -0.1) is 0 Å². The molecule has 9 heteroatoms. The van der Waals surface area contributed by atoms with Crippen LogP contribution in [0.25, 0.3) is 0 Å². The van der Waals surface area contributed by atoms with Crippen LogP contribution in [0.4, 0.5) is 11.6 Å². The zero-order valence-electron chi connectivity index (χ0n) is 13.1. The Kier molecular flexibility index (Phi) is 4.75. The Balaban J connectivity index is 1.64. The van der Waals surface area contributed by atoms with Gasteiger partial charge in [0.2, 0.25) is 0 Å². The first kappa shape index (κ1) is 16.7. The smallest absolute Gasteiger partial charge is 0.395 e. The van der Waals surface area contributed by atoms with E-state index < -0.39 is 16.7 Å². The second-order valence-electron chi connectivity index (χ2n) is 5.33. The number of nitro groups is 1. The van der Waals surface area contributed by atoms with Crippen LogP contribution in [0.5, 0.6) is 0 Å². The number of carbonyl (C=O) groups excluding carboxylic acids is 2. The quantitative estimate of drug-likeness (QED) is 0.668. The number of carbonyl (C=O) groups is 2. The van der Waals surface area contributed by atoms with Gasteiger partial charge in [0.25, 0.3) is 11.8 Å². The van der Waals surface area contributed by atoms with Crippen molar-refractivity contribution in [1.29, 1.82) is 0 Å². The molecule has 9 nitrogen and oxygen atoms in total. The molecule has 0 radical (unpaired) electrons. The Bertz CT molecular complexity index is 792. The summed E-state index contributed by atoms with van der Waals surface area (Å²) in [7, 11) is 0. The molecule has 0 saturated carbocycles. The van der Waals surface area contributed by atoms with Crippen molar-refractivity contribution in [2.24, 2.45) is 0 Å². The zero-order chi connectivity index (χ0) is 17.8. The van der Waals surface area contributed by atoms with E-state index in [9.17, 15) is 19.7 Å². The third-order valence-electron chi connectivity index (χ3n) is 3.68. The summed E-state index contributed by atoms with van der Waals surface area (Å²) >= 11 is 0. The first-order chi connectivity index (χ1) is 12.0. The van der Waals surface area contributed by atoms with Gasteiger partial charge in [-0.1, -0.05) is 0 Å². The van der Waals surface area contributed by atoms with Crippen LogP contribution in [0.1, 0.15) is 20.9 Å². The van der Waals surface area contributed by atoms with Gasteiger partial charge in [-0.2, -0.15) is 0 Å². The maximum Gasteiger partial charge on any atom is 0.433 e. The number of nitrogens with zero attached hydrogens (tertiary/aromatic N) is 2. The van der Waals surface area contributed by atoms with Gasteiger partial charge in [0.1, 0.15) is 4.92 Å². The van der Waals surface area contributed by atoms with Crippen LogP contribution < -0.4 is 5.32 Å². The number of anilines is 1. The molecule has 130 valence electrons. The normalized spacial score (nSPS) is 14.2. The highest BCUT2D eigenvalue weighted by molar-refractivity contribution is 6.02. The topological polar surface area (TPSA) is 115 Å². The second-order valence-corrected chi connectivity index (χ2v) is 5.33. The standard InChI is InChI=1S/C16H15N3O6/c20-15(13-5-6-14(25-13)19(22)23)17-12-3-1-11(2-4-12)16(21)18-7-9-24-10-8-18/h1-6H,7-10H2,(H,17,20). The van der Waals surface area contributed by atoms with Crippen molar-refractivity contribution in [2.45, 2.75) is 0 Å². The van der Waals surface area contributed by atoms with Gasteiger partial charge in [-0.25, -0.2) is 0 Å². The summed E-state index contributed by atoms with van der Waals surface area (Å²) in [4.78, 5) is 35.9. The van der Waals surface area contributed by atoms with Crippen molar-refractivity contribution in [2.75, 3.05) is 31.6 Å². The van der Waals surface area contributed by atoms with Crippen LogP contribution in [-0.4, -0.2) is 47.9 Å². The van der Waals surface area contributed by atoms with E-state index in [2.05, 4.69) is 5.32 Å². The van der Waals surface area contributed by atoms with E-state index in [0.717, 1.165) is 6.07 Å². The highest BCUT2D eigenvalue weighted by atomic mass is 16.6. The van der Waals surface area contributed by atoms with Gasteiger partial charge in [-0.05, 0) is 30.3 Å². The first-order valence-corrected chi connectivity index (χ1v) is 7.57. The van der Waals surface area contributed by atoms with Crippen molar-refractivity contribution in [3.8, 4) is 0 Å². The molecule has 0 atom stereocenters. The summed E-state index contributed by atoms with van der Waals surface area (Å²) in [5, 5.41) is 13.1. The number of ether oxygens (including phenoxy) is 1. The summed E-state index contributed by atoms with van der Waals surface area (Å²) in [6.45, 7) is 2.15. The average molecular weight is 345 g/mol. The number of amides is 2. The molecular formula is C16H15N3O6. The fraction of sp³-hybridized carbons (Fsp3) is 0.250. The lowest BCUT2D eigenvalue weighted by molar-refractivity contribution is -0.402. The van der Waals surface area contributed by atoms with E-state index in [1.807, 2.05) is 0 Å². The minimum atomic E-state index is -0.719. The lowest BCUT2D eigenvalue weighted by atomic mass is 10.1. The molecule has 25 heavy (non-hydrogen) atoms. The van der Waals surface area contributed by atoms with E-state index in [4.69, 9.17) is 9.15 Å². The lowest BCUT2D eigenvalue weighted by Crippen LogP contribution is -2.40. The second kappa shape index (κ2) is 7.14. The van der Waals surface area contributed by atoms with E-state index in [1.165, 1.54) is 6.07 Å². The predicted molar refractivity (Wildman–Crippen MR) is 86.5 cm³/mol. The number of furan rings is 1. The van der Waals surface area contributed by atoms with E-state index in [-0.39, 0.29) is 11.7 Å². The summed E-state index contributed by atoms with van der Waals surface area (Å²) in [5.74, 6) is -1.38. The van der Waals surface area contributed by atoms with E-state index in [1.54, 1.807) is 29.2 Å². The molecule has 1 aromatic heterocycles. The van der Waals surface area contributed by atoms with Gasteiger partial charge in [-0.3, -0.25) is 19.7 Å². The van der Waals surface area contributed by atoms with E-state index >= 15 is 0 Å². The molecule has 1 fully saturated rings. The number of benzene rings is 1. The molecule has 2 heterocycles. The van der Waals surface area contributed by atoms with Crippen LogP contribution in [-0.2, 0) is 4.74 Å². The maximum absolute atomic E-state index is 12.3. The molecule has 2 amide bonds. The Hall–Kier alpha value is -3.20. The lowest BCUT2D eigenvalue weighted by Gasteiger charge is -2.26. The molecule has 1 aliphatic rings. The van der Waals surface area contributed by atoms with Gasteiger partial charge in [0, 0.05) is 24.3 Å². The molecule has 0 spiro atoms. The van der Waals surface area contributed by atoms with Crippen LogP contribution in [0.2, 0.25) is 0 Å². The molecular weight excluding hydrogens is 330 g/mol. The fourth-order valence-electron chi connectivity index (χ4n) is 2.39. The molecule has 1 aromatic carbocycles. The molecule has 3 rings (SSSR count). The minimum Gasteiger partial charge on any atom is -0.395 e. The van der Waals surface area contributed by atoms with Crippen LogP contribution in [0.3, 0.4) is 0 Å². The average Bonchev–Trinajstić information content (AvgIpc) is 3.13. The number of morpholine rings is 1. The largest absolute Gasteiger partial charge is 0.433 e. The molecule has 0 bridgehead atoms. The van der Waals surface area contributed by atoms with Gasteiger partial charge in [0.05, 0.1) is 19.3 Å². The Morgan fingerprint density at radius 2 is 1.76 bits per heavy atom. The van der Waals surface area contributed by atoms with Gasteiger partial charge in [0.15, 0.2) is 5.76 Å². The van der Waals surface area contributed by atoms with Crippen LogP contribution in [0.15, 0.2) is 40.8 Å². The van der Waals surface area contributed by atoms with Gasteiger partial charge < -0.3 is 19.4 Å². The number of hydrogen-bond acceptors (Lipinski definition) is 6. The summed E-state index contributed by atoms with van der Waals surface area (Å²) in [6.07, 6.45) is 0. The van der Waals surface area contributed by atoms with Gasteiger partial charge >= 0.3 is 5.88 Å². The minimum absolute atomic E-state index is 0.0946. The van der Waals surface area contributed by atoms with Crippen molar-refractivity contribution in [1.82, 2.24) is 4.90 Å². The van der Waals surface area contributed by atoms with Crippen LogP contribution in [0, 0.1) is 10.1 Å². The number of nitrogens with one attached hydrogen (secondary N) is 1. The third-order valence-corrected chi connectivity index (χ3v) is 3.68. The Labute approximate surface area is 142 Å². The Morgan fingerprint density at radius 1 is 1.08 bits per heavy atom. The predicted octanol–water partition coefficient (Wildman–Crippen LogP) is 1.91. The monoisotopic (exact) mass is 345 g/mol. The molecule has 0 aliphatic carbocycles. The molecule has 1 saturated heterocycles. The molecule has 1 aliphatic heterocycles. The first-order valence-electron chi connectivity index (χ1n) is 7.57. The molecule has 1 N–H and O–H groups in total. The SMILES string of the molecule is O=C(Nc1ccc(C(=O)N2CCOCC2)cc1)c1ccc([N+](=O)[O-])o1.